The van der Waals surface area contributed by atoms with Crippen LogP contribution in [0, 0.1) is 11.6 Å². The van der Waals surface area contributed by atoms with Gasteiger partial charge in [0.15, 0.2) is 0 Å². The highest BCUT2D eigenvalue weighted by Crippen LogP contribution is 2.46. The van der Waals surface area contributed by atoms with Crippen molar-refractivity contribution in [2.75, 3.05) is 0 Å². The Morgan fingerprint density at radius 2 is 1.87 bits per heavy atom. The number of halogens is 7. The molecule has 38 heavy (non-hydrogen) atoms. The number of primary amides is 1. The molecule has 5 rings (SSSR count). The largest absolute Gasteiger partial charge is 0.416 e. The Morgan fingerprint density at radius 1 is 1.16 bits per heavy atom. The third-order valence-corrected chi connectivity index (χ3v) is 7.03. The molecule has 0 bridgehead atoms. The maximum absolute atomic E-state index is 15.6. The summed E-state index contributed by atoms with van der Waals surface area (Å²) in [4.78, 5) is 25.6. The Hall–Kier alpha value is -3.70. The van der Waals surface area contributed by atoms with Gasteiger partial charge in [-0.2, -0.15) is 18.3 Å². The number of nitrogens with two attached hydrogens (primary N) is 1. The molecule has 6 nitrogen and oxygen atoms in total. The zero-order valence-corrected chi connectivity index (χ0v) is 20.7. The fourth-order valence-corrected chi connectivity index (χ4v) is 5.32. The van der Waals surface area contributed by atoms with Gasteiger partial charge in [0, 0.05) is 34.1 Å². The van der Waals surface area contributed by atoms with E-state index in [4.69, 9.17) is 28.9 Å². The van der Waals surface area contributed by atoms with Crippen molar-refractivity contribution in [1.29, 1.82) is 0 Å². The first-order valence-electron chi connectivity index (χ1n) is 10.9. The first-order chi connectivity index (χ1) is 17.8. The number of fused-ring (bicyclic) bond motifs is 3. The number of alkyl halides is 4. The van der Waals surface area contributed by atoms with Crippen molar-refractivity contribution in [2.45, 2.75) is 18.1 Å². The summed E-state index contributed by atoms with van der Waals surface area (Å²) < 4.78 is 71.5. The van der Waals surface area contributed by atoms with Crippen molar-refractivity contribution in [3.8, 4) is 11.1 Å². The third kappa shape index (κ3) is 3.97. The minimum atomic E-state index is -4.97. The Morgan fingerprint density at radius 3 is 2.50 bits per heavy atom. The number of carbonyl (C=O) groups is 2. The summed E-state index contributed by atoms with van der Waals surface area (Å²) in [6.07, 6.45) is -4.97. The molecule has 0 saturated carbocycles. The van der Waals surface area contributed by atoms with E-state index < -0.39 is 52.4 Å². The number of aromatic nitrogens is 2. The standard InChI is InChI=1S/C25H15Cl2F5N4O2/c1-36-17(8-26)12-7-13(18-14(23(33)37)4-9(5-16(18)29)25(30,31)32)19-20(22(12)35-36)24(38)34-21(19)11-6-10(28)2-3-15(11)27/h2-7,21H,8H2,1H3,(H2,33,37)(H,34,38). The van der Waals surface area contributed by atoms with Crippen LogP contribution in [0.1, 0.15) is 49.1 Å². The topological polar surface area (TPSA) is 90.0 Å². The summed E-state index contributed by atoms with van der Waals surface area (Å²) in [5, 5.41) is 7.39. The number of hydrogen-bond donors (Lipinski definition) is 2. The predicted octanol–water partition coefficient (Wildman–Crippen LogP) is 5.86. The van der Waals surface area contributed by atoms with Gasteiger partial charge < -0.3 is 11.1 Å². The van der Waals surface area contributed by atoms with E-state index in [-0.39, 0.29) is 44.7 Å². The molecule has 1 aliphatic rings. The van der Waals surface area contributed by atoms with E-state index in [0.29, 0.717) is 17.1 Å². The van der Waals surface area contributed by atoms with Crippen LogP contribution in [-0.4, -0.2) is 21.6 Å². The molecule has 2 amide bonds. The van der Waals surface area contributed by atoms with Crippen LogP contribution >= 0.6 is 23.2 Å². The van der Waals surface area contributed by atoms with E-state index in [9.17, 15) is 27.2 Å². The van der Waals surface area contributed by atoms with Crippen LogP contribution < -0.4 is 11.1 Å². The predicted molar refractivity (Wildman–Crippen MR) is 130 cm³/mol. The molecule has 1 aromatic heterocycles. The van der Waals surface area contributed by atoms with Crippen LogP contribution in [0.15, 0.2) is 36.4 Å². The van der Waals surface area contributed by atoms with Gasteiger partial charge in [-0.05, 0) is 42.0 Å². The molecule has 0 radical (unpaired) electrons. The summed E-state index contributed by atoms with van der Waals surface area (Å²) in [7, 11) is 1.56. The van der Waals surface area contributed by atoms with Gasteiger partial charge in [-0.15, -0.1) is 11.6 Å². The highest BCUT2D eigenvalue weighted by atomic mass is 35.5. The highest BCUT2D eigenvalue weighted by Gasteiger charge is 2.40. The highest BCUT2D eigenvalue weighted by molar-refractivity contribution is 6.31. The molecular weight excluding hydrogens is 554 g/mol. The Kier molecular flexibility index (Phi) is 6.11. The first-order valence-corrected chi connectivity index (χ1v) is 11.8. The lowest BCUT2D eigenvalue weighted by Gasteiger charge is -2.20. The molecule has 4 aromatic rings. The zero-order chi connectivity index (χ0) is 27.7. The lowest BCUT2D eigenvalue weighted by Crippen LogP contribution is -2.21. The smallest absolute Gasteiger partial charge is 0.366 e. The SMILES string of the molecule is Cn1nc2c3c(c(-c4c(F)cc(C(F)(F)F)cc4C(N)=O)cc2c1CCl)C(c1cc(F)ccc1Cl)NC3=O. The molecule has 0 fully saturated rings. The molecule has 3 aromatic carbocycles. The number of hydrogen-bond acceptors (Lipinski definition) is 3. The molecule has 1 atom stereocenters. The molecular formula is C25H15Cl2F5N4O2. The summed E-state index contributed by atoms with van der Waals surface area (Å²) in [5.41, 5.74) is 3.19. The maximum Gasteiger partial charge on any atom is 0.416 e. The van der Waals surface area contributed by atoms with Crippen LogP contribution in [-0.2, 0) is 19.1 Å². The fraction of sp³-hybridized carbons (Fsp3) is 0.160. The van der Waals surface area contributed by atoms with E-state index in [2.05, 4.69) is 10.4 Å². The molecule has 3 N–H and O–H groups in total. The van der Waals surface area contributed by atoms with Crippen molar-refractivity contribution >= 4 is 45.9 Å². The normalized spacial score (nSPS) is 15.2. The number of benzene rings is 3. The second kappa shape index (κ2) is 8.95. The molecule has 1 aliphatic heterocycles. The fourth-order valence-electron chi connectivity index (χ4n) is 4.77. The van der Waals surface area contributed by atoms with Crippen molar-refractivity contribution in [3.05, 3.63) is 86.6 Å². The van der Waals surface area contributed by atoms with Crippen LogP contribution in [0.4, 0.5) is 22.0 Å². The second-order valence-corrected chi connectivity index (χ2v) is 9.30. The second-order valence-electron chi connectivity index (χ2n) is 8.63. The Bertz CT molecular complexity index is 1680. The molecule has 13 heteroatoms. The molecule has 0 saturated heterocycles. The van der Waals surface area contributed by atoms with E-state index in [1.807, 2.05) is 0 Å². The zero-order valence-electron chi connectivity index (χ0n) is 19.2. The van der Waals surface area contributed by atoms with Crippen LogP contribution in [0.3, 0.4) is 0 Å². The molecule has 1 unspecified atom stereocenters. The monoisotopic (exact) mass is 568 g/mol. The van der Waals surface area contributed by atoms with Gasteiger partial charge >= 0.3 is 6.18 Å². The van der Waals surface area contributed by atoms with Gasteiger partial charge in [0.25, 0.3) is 5.91 Å². The third-order valence-electron chi connectivity index (χ3n) is 6.43. The summed E-state index contributed by atoms with van der Waals surface area (Å²) in [5.74, 6) is -4.18. The summed E-state index contributed by atoms with van der Waals surface area (Å²) in [6, 6.07) is 4.31. The summed E-state index contributed by atoms with van der Waals surface area (Å²) >= 11 is 12.4. The molecule has 0 aliphatic carbocycles. The van der Waals surface area contributed by atoms with Crippen LogP contribution in [0.25, 0.3) is 22.0 Å². The number of carbonyl (C=O) groups excluding carboxylic acids is 2. The van der Waals surface area contributed by atoms with E-state index in [1.54, 1.807) is 7.05 Å². The van der Waals surface area contributed by atoms with E-state index >= 15 is 4.39 Å². The maximum atomic E-state index is 15.6. The lowest BCUT2D eigenvalue weighted by atomic mass is 9.85. The first kappa shape index (κ1) is 25.9. The van der Waals surface area contributed by atoms with Crippen molar-refractivity contribution in [3.63, 3.8) is 0 Å². The quantitative estimate of drug-likeness (QED) is 0.238. The minimum absolute atomic E-state index is 0.0374. The van der Waals surface area contributed by atoms with E-state index in [1.165, 1.54) is 16.8 Å². The van der Waals surface area contributed by atoms with Gasteiger partial charge in [-0.25, -0.2) is 8.78 Å². The number of nitrogens with one attached hydrogen (secondary N) is 1. The van der Waals surface area contributed by atoms with Gasteiger partial charge in [-0.3, -0.25) is 14.3 Å². The van der Waals surface area contributed by atoms with Gasteiger partial charge in [0.2, 0.25) is 5.91 Å². The average molecular weight is 569 g/mol. The average Bonchev–Trinajstić information content (AvgIpc) is 3.34. The van der Waals surface area contributed by atoms with Crippen molar-refractivity contribution < 1.29 is 31.5 Å². The number of amides is 2. The number of rotatable bonds is 4. The van der Waals surface area contributed by atoms with Crippen LogP contribution in [0.2, 0.25) is 5.02 Å². The number of nitrogens with zero attached hydrogens (tertiary/aromatic N) is 2. The lowest BCUT2D eigenvalue weighted by molar-refractivity contribution is -0.137. The Balaban J connectivity index is 1.95. The van der Waals surface area contributed by atoms with Gasteiger partial charge in [0.1, 0.15) is 17.2 Å². The Labute approximate surface area is 221 Å². The van der Waals surface area contributed by atoms with Crippen molar-refractivity contribution in [1.82, 2.24) is 15.1 Å². The number of aryl methyl sites for hydroxylation is 1. The minimum Gasteiger partial charge on any atom is -0.366 e. The molecule has 2 heterocycles. The van der Waals surface area contributed by atoms with Crippen LogP contribution in [0.5, 0.6) is 0 Å². The summed E-state index contributed by atoms with van der Waals surface area (Å²) in [6.45, 7) is 0. The molecule has 196 valence electrons. The van der Waals surface area contributed by atoms with Gasteiger partial charge in [-0.1, -0.05) is 11.6 Å². The molecule has 0 spiro atoms. The van der Waals surface area contributed by atoms with Gasteiger partial charge in [0.05, 0.1) is 34.3 Å². The van der Waals surface area contributed by atoms with E-state index in [0.717, 1.165) is 12.1 Å². The van der Waals surface area contributed by atoms with Crippen molar-refractivity contribution in [2.24, 2.45) is 12.8 Å².